The molecular weight excluding hydrogens is 338 g/mol. The standard InChI is InChI=1S/C20H12ClNO3/c21-13-7-5-12(6-8-13)18-9-10-19(25-18)17-11-15(20(23)24)14-3-1-2-4-16(14)22-17/h1-11H,(H,23,24)/p-1. The molecule has 0 saturated heterocycles. The predicted octanol–water partition coefficient (Wildman–Crippen LogP) is 4.18. The Bertz CT molecular complexity index is 1080. The minimum absolute atomic E-state index is 0.0880. The lowest BCUT2D eigenvalue weighted by molar-refractivity contribution is -0.254. The summed E-state index contributed by atoms with van der Waals surface area (Å²) in [5.41, 5.74) is 1.98. The third-order valence-electron chi connectivity index (χ3n) is 3.92. The lowest BCUT2D eigenvalue weighted by Gasteiger charge is -2.09. The SMILES string of the molecule is O=C([O-])c1cc(-c2ccc(-c3ccc(Cl)cc3)o2)nc2ccccc12. The van der Waals surface area contributed by atoms with Crippen molar-refractivity contribution in [2.75, 3.05) is 0 Å². The van der Waals surface area contributed by atoms with Crippen LogP contribution in [-0.2, 0) is 0 Å². The van der Waals surface area contributed by atoms with Gasteiger partial charge < -0.3 is 14.3 Å². The molecule has 0 N–H and O–H groups in total. The van der Waals surface area contributed by atoms with Gasteiger partial charge in [-0.05, 0) is 48.5 Å². The zero-order valence-corrected chi connectivity index (χ0v) is 13.7. The van der Waals surface area contributed by atoms with Crippen LogP contribution in [0.4, 0.5) is 0 Å². The Kier molecular flexibility index (Phi) is 3.75. The molecule has 0 saturated carbocycles. The van der Waals surface area contributed by atoms with Gasteiger partial charge in [-0.15, -0.1) is 0 Å². The Morgan fingerprint density at radius 2 is 1.68 bits per heavy atom. The van der Waals surface area contributed by atoms with Crippen LogP contribution in [0.3, 0.4) is 0 Å². The van der Waals surface area contributed by atoms with Crippen molar-refractivity contribution >= 4 is 28.5 Å². The molecule has 0 spiro atoms. The molecule has 0 aliphatic carbocycles. The van der Waals surface area contributed by atoms with E-state index in [0.717, 1.165) is 5.56 Å². The van der Waals surface area contributed by atoms with Gasteiger partial charge in [-0.25, -0.2) is 4.98 Å². The van der Waals surface area contributed by atoms with Crippen LogP contribution in [0.15, 0.2) is 71.1 Å². The molecule has 4 rings (SSSR count). The van der Waals surface area contributed by atoms with E-state index in [2.05, 4.69) is 4.98 Å². The zero-order valence-electron chi connectivity index (χ0n) is 12.9. The van der Waals surface area contributed by atoms with Crippen molar-refractivity contribution in [2.24, 2.45) is 0 Å². The number of carbonyl (C=O) groups is 1. The summed E-state index contributed by atoms with van der Waals surface area (Å²) in [6.07, 6.45) is 0. The summed E-state index contributed by atoms with van der Waals surface area (Å²) in [6, 6.07) is 19.4. The summed E-state index contributed by atoms with van der Waals surface area (Å²) in [4.78, 5) is 16.0. The van der Waals surface area contributed by atoms with E-state index in [1.807, 2.05) is 18.2 Å². The van der Waals surface area contributed by atoms with Gasteiger partial charge in [0, 0.05) is 21.5 Å². The maximum Gasteiger partial charge on any atom is 0.153 e. The largest absolute Gasteiger partial charge is 0.545 e. The number of hydrogen-bond acceptors (Lipinski definition) is 4. The highest BCUT2D eigenvalue weighted by molar-refractivity contribution is 6.30. The summed E-state index contributed by atoms with van der Waals surface area (Å²) in [7, 11) is 0. The molecule has 2 aromatic carbocycles. The number of hydrogen-bond donors (Lipinski definition) is 0. The van der Waals surface area contributed by atoms with E-state index in [4.69, 9.17) is 16.0 Å². The minimum atomic E-state index is -1.25. The van der Waals surface area contributed by atoms with E-state index in [1.54, 1.807) is 42.5 Å². The minimum Gasteiger partial charge on any atom is -0.545 e. The number of fused-ring (bicyclic) bond motifs is 1. The van der Waals surface area contributed by atoms with Crippen molar-refractivity contribution in [3.63, 3.8) is 0 Å². The second kappa shape index (κ2) is 6.07. The van der Waals surface area contributed by atoms with E-state index in [0.29, 0.717) is 33.1 Å². The summed E-state index contributed by atoms with van der Waals surface area (Å²) in [5.74, 6) is -0.112. The van der Waals surface area contributed by atoms with Gasteiger partial charge in [0.25, 0.3) is 0 Å². The monoisotopic (exact) mass is 348 g/mol. The average Bonchev–Trinajstić information content (AvgIpc) is 3.11. The smallest absolute Gasteiger partial charge is 0.153 e. The third-order valence-corrected chi connectivity index (χ3v) is 4.18. The lowest BCUT2D eigenvalue weighted by atomic mass is 10.1. The highest BCUT2D eigenvalue weighted by Gasteiger charge is 2.12. The van der Waals surface area contributed by atoms with E-state index in [9.17, 15) is 9.90 Å². The zero-order chi connectivity index (χ0) is 17.4. The fourth-order valence-electron chi connectivity index (χ4n) is 2.72. The molecule has 0 aliphatic rings. The highest BCUT2D eigenvalue weighted by Crippen LogP contribution is 2.30. The number of aromatic nitrogens is 1. The Morgan fingerprint density at radius 1 is 0.960 bits per heavy atom. The number of furan rings is 1. The molecule has 2 aromatic heterocycles. The number of para-hydroxylation sites is 1. The van der Waals surface area contributed by atoms with Crippen LogP contribution in [0.2, 0.25) is 5.02 Å². The molecule has 0 unspecified atom stereocenters. The highest BCUT2D eigenvalue weighted by atomic mass is 35.5. The van der Waals surface area contributed by atoms with Gasteiger partial charge in [0.15, 0.2) is 5.76 Å². The van der Waals surface area contributed by atoms with Crippen molar-refractivity contribution in [1.29, 1.82) is 0 Å². The van der Waals surface area contributed by atoms with E-state index in [-0.39, 0.29) is 5.56 Å². The fraction of sp³-hybridized carbons (Fsp3) is 0. The lowest BCUT2D eigenvalue weighted by Crippen LogP contribution is -2.22. The molecule has 0 radical (unpaired) electrons. The van der Waals surface area contributed by atoms with Gasteiger partial charge in [-0.3, -0.25) is 0 Å². The Hall–Kier alpha value is -3.11. The van der Waals surface area contributed by atoms with Crippen molar-refractivity contribution in [1.82, 2.24) is 4.98 Å². The Morgan fingerprint density at radius 3 is 2.44 bits per heavy atom. The Balaban J connectivity index is 1.82. The van der Waals surface area contributed by atoms with Crippen LogP contribution in [0.1, 0.15) is 10.4 Å². The number of carbonyl (C=O) groups excluding carboxylic acids is 1. The average molecular weight is 349 g/mol. The topological polar surface area (TPSA) is 66.2 Å². The number of carboxylic acids is 1. The van der Waals surface area contributed by atoms with Gasteiger partial charge in [0.1, 0.15) is 11.5 Å². The van der Waals surface area contributed by atoms with Crippen LogP contribution >= 0.6 is 11.6 Å². The molecule has 122 valence electrons. The molecule has 0 bridgehead atoms. The maximum atomic E-state index is 11.5. The van der Waals surface area contributed by atoms with Crippen molar-refractivity contribution < 1.29 is 14.3 Å². The number of rotatable bonds is 3. The van der Waals surface area contributed by atoms with Crippen molar-refractivity contribution in [2.45, 2.75) is 0 Å². The van der Waals surface area contributed by atoms with Gasteiger partial charge >= 0.3 is 0 Å². The maximum absolute atomic E-state index is 11.5. The second-order valence-electron chi connectivity index (χ2n) is 5.53. The summed E-state index contributed by atoms with van der Waals surface area (Å²) in [6.45, 7) is 0. The number of carboxylic acid groups (broad SMARTS) is 1. The molecule has 0 fully saturated rings. The molecule has 4 aromatic rings. The first-order valence-corrected chi connectivity index (χ1v) is 7.97. The number of benzene rings is 2. The predicted molar refractivity (Wildman–Crippen MR) is 94.2 cm³/mol. The molecule has 5 heteroatoms. The third kappa shape index (κ3) is 2.88. The van der Waals surface area contributed by atoms with Crippen LogP contribution < -0.4 is 5.11 Å². The molecule has 4 nitrogen and oxygen atoms in total. The molecule has 0 aliphatic heterocycles. The first kappa shape index (κ1) is 15.4. The number of pyridine rings is 1. The van der Waals surface area contributed by atoms with Gasteiger partial charge in [0.05, 0.1) is 11.5 Å². The van der Waals surface area contributed by atoms with E-state index >= 15 is 0 Å². The molecule has 2 heterocycles. The first-order valence-electron chi connectivity index (χ1n) is 7.59. The normalized spacial score (nSPS) is 10.9. The summed E-state index contributed by atoms with van der Waals surface area (Å²) < 4.78 is 5.86. The number of halogens is 1. The molecule has 25 heavy (non-hydrogen) atoms. The Labute approximate surface area is 148 Å². The van der Waals surface area contributed by atoms with Crippen LogP contribution in [0.25, 0.3) is 33.7 Å². The van der Waals surface area contributed by atoms with Crippen molar-refractivity contribution in [3.8, 4) is 22.8 Å². The number of nitrogens with zero attached hydrogens (tertiary/aromatic N) is 1. The van der Waals surface area contributed by atoms with Crippen LogP contribution in [-0.4, -0.2) is 11.0 Å². The quantitative estimate of drug-likeness (QED) is 0.557. The van der Waals surface area contributed by atoms with Gasteiger partial charge in [0.2, 0.25) is 0 Å². The van der Waals surface area contributed by atoms with E-state index in [1.165, 1.54) is 6.07 Å². The van der Waals surface area contributed by atoms with Crippen LogP contribution in [0.5, 0.6) is 0 Å². The van der Waals surface area contributed by atoms with Gasteiger partial charge in [-0.1, -0.05) is 29.8 Å². The molecule has 0 atom stereocenters. The van der Waals surface area contributed by atoms with Gasteiger partial charge in [-0.2, -0.15) is 0 Å². The summed E-state index contributed by atoms with van der Waals surface area (Å²) >= 11 is 5.90. The summed E-state index contributed by atoms with van der Waals surface area (Å²) in [5, 5.41) is 12.7. The molecular formula is C20H11ClNO3-. The van der Waals surface area contributed by atoms with E-state index < -0.39 is 5.97 Å². The van der Waals surface area contributed by atoms with Crippen molar-refractivity contribution in [3.05, 3.63) is 77.3 Å². The molecule has 0 amide bonds. The van der Waals surface area contributed by atoms with Crippen LogP contribution in [0, 0.1) is 0 Å². The first-order chi connectivity index (χ1) is 12.1. The fourth-order valence-corrected chi connectivity index (χ4v) is 2.84. The number of aromatic carboxylic acids is 1. The second-order valence-corrected chi connectivity index (χ2v) is 5.97.